The second-order valence-electron chi connectivity index (χ2n) is 9.37. The van der Waals surface area contributed by atoms with E-state index in [1.54, 1.807) is 4.90 Å². The molecule has 3 saturated heterocycles. The minimum atomic E-state index is -0.952. The van der Waals surface area contributed by atoms with Crippen molar-refractivity contribution in [2.75, 3.05) is 19.7 Å². The van der Waals surface area contributed by atoms with E-state index in [9.17, 15) is 19.5 Å². The number of ether oxygens (including phenoxy) is 1. The first-order chi connectivity index (χ1) is 16.0. The van der Waals surface area contributed by atoms with Gasteiger partial charge in [-0.3, -0.25) is 14.4 Å². The van der Waals surface area contributed by atoms with Crippen LogP contribution in [0.5, 0.6) is 0 Å². The second kappa shape index (κ2) is 10.2. The molecular formula is C25H35N3O5. The van der Waals surface area contributed by atoms with Crippen molar-refractivity contribution < 1.29 is 24.2 Å². The highest BCUT2D eigenvalue weighted by Crippen LogP contribution is 2.58. The van der Waals surface area contributed by atoms with E-state index in [0.717, 1.165) is 18.4 Å². The van der Waals surface area contributed by atoms with Crippen molar-refractivity contribution >= 4 is 17.7 Å². The Kier molecular flexibility index (Phi) is 7.34. The number of unbranched alkanes of at least 4 members (excludes halogenated alkanes) is 2. The van der Waals surface area contributed by atoms with Crippen molar-refractivity contribution in [2.24, 2.45) is 11.8 Å². The van der Waals surface area contributed by atoms with Crippen LogP contribution in [-0.4, -0.2) is 65.2 Å². The number of carbonyl (C=O) groups excluding carboxylic acids is 3. The lowest BCUT2D eigenvalue weighted by atomic mass is 9.70. The topological polar surface area (TPSA) is 108 Å². The Labute approximate surface area is 195 Å². The molecule has 8 nitrogen and oxygen atoms in total. The molecule has 1 spiro atoms. The third kappa shape index (κ3) is 4.38. The molecule has 5 atom stereocenters. The number of hydrogen-bond acceptors (Lipinski definition) is 5. The van der Waals surface area contributed by atoms with Crippen LogP contribution in [-0.2, 0) is 25.7 Å². The van der Waals surface area contributed by atoms with E-state index in [4.69, 9.17) is 4.74 Å². The number of benzene rings is 1. The molecule has 4 rings (SSSR count). The quantitative estimate of drug-likeness (QED) is 0.435. The fraction of sp³-hybridized carbons (Fsp3) is 0.640. The Hall–Kier alpha value is -2.45. The number of aliphatic hydroxyl groups is 1. The molecule has 3 fully saturated rings. The third-order valence-corrected chi connectivity index (χ3v) is 7.30. The summed E-state index contributed by atoms with van der Waals surface area (Å²) in [6.45, 7) is 3.40. The van der Waals surface area contributed by atoms with Crippen LogP contribution in [0, 0.1) is 11.8 Å². The van der Waals surface area contributed by atoms with E-state index >= 15 is 0 Å². The van der Waals surface area contributed by atoms with Gasteiger partial charge in [-0.05, 0) is 37.7 Å². The molecule has 0 radical (unpaired) electrons. The zero-order valence-electron chi connectivity index (χ0n) is 19.3. The first-order valence-electron chi connectivity index (χ1n) is 12.2. The maximum absolute atomic E-state index is 13.6. The van der Waals surface area contributed by atoms with Gasteiger partial charge in [0.2, 0.25) is 17.7 Å². The number of rotatable bonds is 11. The van der Waals surface area contributed by atoms with E-state index in [2.05, 4.69) is 17.6 Å². The zero-order valence-corrected chi connectivity index (χ0v) is 19.3. The molecule has 2 unspecified atom stereocenters. The summed E-state index contributed by atoms with van der Waals surface area (Å²) in [5.41, 5.74) is 0.0349. The first-order valence-corrected chi connectivity index (χ1v) is 12.2. The van der Waals surface area contributed by atoms with Crippen molar-refractivity contribution in [3.8, 4) is 0 Å². The highest BCUT2D eigenvalue weighted by atomic mass is 16.5. The average Bonchev–Trinajstić information content (AvgIpc) is 3.46. The van der Waals surface area contributed by atoms with Crippen LogP contribution >= 0.6 is 0 Å². The molecule has 3 N–H and O–H groups in total. The minimum Gasteiger partial charge on any atom is -0.396 e. The van der Waals surface area contributed by atoms with Gasteiger partial charge in [0.05, 0.1) is 17.9 Å². The van der Waals surface area contributed by atoms with Crippen LogP contribution in [0.1, 0.15) is 51.0 Å². The van der Waals surface area contributed by atoms with Crippen molar-refractivity contribution in [1.29, 1.82) is 0 Å². The van der Waals surface area contributed by atoms with Gasteiger partial charge in [-0.2, -0.15) is 0 Å². The molecule has 3 aliphatic rings. The number of likely N-dealkylation sites (tertiary alicyclic amines) is 1. The lowest BCUT2D eigenvalue weighted by molar-refractivity contribution is -0.142. The predicted molar refractivity (Wildman–Crippen MR) is 122 cm³/mol. The number of amides is 3. The van der Waals surface area contributed by atoms with Gasteiger partial charge in [0.15, 0.2) is 0 Å². The van der Waals surface area contributed by atoms with Crippen molar-refractivity contribution in [3.63, 3.8) is 0 Å². The Morgan fingerprint density at radius 3 is 2.67 bits per heavy atom. The molecule has 3 amide bonds. The molecular weight excluding hydrogens is 422 g/mol. The first kappa shape index (κ1) is 23.7. The SMILES string of the molecule is CCCCNC(=O)C1N(CCCCO)C(=O)[C@@H]2[C@@H](C(=O)NCc3ccccc3)[C@H]3CCC12O3. The van der Waals surface area contributed by atoms with Crippen LogP contribution in [0.15, 0.2) is 30.3 Å². The van der Waals surface area contributed by atoms with Gasteiger partial charge in [-0.1, -0.05) is 43.7 Å². The Bertz CT molecular complexity index is 863. The molecule has 180 valence electrons. The molecule has 3 aliphatic heterocycles. The van der Waals surface area contributed by atoms with E-state index < -0.39 is 23.5 Å². The van der Waals surface area contributed by atoms with Crippen LogP contribution in [0.2, 0.25) is 0 Å². The maximum Gasteiger partial charge on any atom is 0.245 e. The van der Waals surface area contributed by atoms with E-state index in [1.165, 1.54) is 0 Å². The molecule has 1 aromatic rings. The lowest BCUT2D eigenvalue weighted by Crippen LogP contribution is -2.55. The fourth-order valence-corrected chi connectivity index (χ4v) is 5.78. The second-order valence-corrected chi connectivity index (χ2v) is 9.37. The molecule has 33 heavy (non-hydrogen) atoms. The van der Waals surface area contributed by atoms with E-state index in [0.29, 0.717) is 45.3 Å². The number of nitrogens with zero attached hydrogens (tertiary/aromatic N) is 1. The molecule has 0 saturated carbocycles. The lowest BCUT2D eigenvalue weighted by Gasteiger charge is -2.33. The van der Waals surface area contributed by atoms with Crippen molar-refractivity contribution in [1.82, 2.24) is 15.5 Å². The van der Waals surface area contributed by atoms with Crippen LogP contribution < -0.4 is 10.6 Å². The molecule has 1 aromatic carbocycles. The van der Waals surface area contributed by atoms with E-state index in [-0.39, 0.29) is 30.4 Å². The molecule has 8 heteroatoms. The maximum atomic E-state index is 13.6. The van der Waals surface area contributed by atoms with Crippen LogP contribution in [0.25, 0.3) is 0 Å². The summed E-state index contributed by atoms with van der Waals surface area (Å²) in [6, 6.07) is 8.92. The Balaban J connectivity index is 1.55. The van der Waals surface area contributed by atoms with Gasteiger partial charge >= 0.3 is 0 Å². The molecule has 3 heterocycles. The summed E-state index contributed by atoms with van der Waals surface area (Å²) in [4.78, 5) is 41.8. The Morgan fingerprint density at radius 1 is 1.15 bits per heavy atom. The third-order valence-electron chi connectivity index (χ3n) is 7.30. The van der Waals surface area contributed by atoms with Gasteiger partial charge in [0.25, 0.3) is 0 Å². The molecule has 2 bridgehead atoms. The van der Waals surface area contributed by atoms with E-state index in [1.807, 2.05) is 30.3 Å². The molecule has 0 aliphatic carbocycles. The summed E-state index contributed by atoms with van der Waals surface area (Å²) in [5.74, 6) is -1.81. The number of fused-ring (bicyclic) bond motifs is 1. The molecule has 0 aromatic heterocycles. The average molecular weight is 458 g/mol. The van der Waals surface area contributed by atoms with Crippen molar-refractivity contribution in [2.45, 2.75) is 69.7 Å². The summed E-state index contributed by atoms with van der Waals surface area (Å²) < 4.78 is 6.38. The smallest absolute Gasteiger partial charge is 0.245 e. The predicted octanol–water partition coefficient (Wildman–Crippen LogP) is 1.37. The highest BCUT2D eigenvalue weighted by molar-refractivity contribution is 5.98. The van der Waals surface area contributed by atoms with Crippen molar-refractivity contribution in [3.05, 3.63) is 35.9 Å². The number of hydrogen-bond donors (Lipinski definition) is 3. The number of nitrogens with one attached hydrogen (secondary N) is 2. The minimum absolute atomic E-state index is 0.0348. The van der Waals surface area contributed by atoms with Gasteiger partial charge in [-0.25, -0.2) is 0 Å². The zero-order chi connectivity index (χ0) is 23.4. The summed E-state index contributed by atoms with van der Waals surface area (Å²) in [6.07, 6.45) is 3.88. The van der Waals surface area contributed by atoms with Crippen LogP contribution in [0.4, 0.5) is 0 Å². The summed E-state index contributed by atoms with van der Waals surface area (Å²) >= 11 is 0. The fourth-order valence-electron chi connectivity index (χ4n) is 5.78. The van der Waals surface area contributed by atoms with Gasteiger partial charge < -0.3 is 25.4 Å². The van der Waals surface area contributed by atoms with Gasteiger partial charge in [0.1, 0.15) is 11.6 Å². The number of aliphatic hydroxyl groups excluding tert-OH is 1. The monoisotopic (exact) mass is 457 g/mol. The van der Waals surface area contributed by atoms with Crippen LogP contribution in [0.3, 0.4) is 0 Å². The normalized spacial score (nSPS) is 29.9. The Morgan fingerprint density at radius 2 is 1.94 bits per heavy atom. The summed E-state index contributed by atoms with van der Waals surface area (Å²) in [7, 11) is 0. The number of carbonyl (C=O) groups is 3. The largest absolute Gasteiger partial charge is 0.396 e. The highest BCUT2D eigenvalue weighted by Gasteiger charge is 2.74. The van der Waals surface area contributed by atoms with Gasteiger partial charge in [0, 0.05) is 26.2 Å². The summed E-state index contributed by atoms with van der Waals surface area (Å²) in [5, 5.41) is 15.2. The standard InChI is InChI=1S/C25H35N3O5/c1-2-3-13-26-23(31)21-25-12-11-18(33-25)19(20(25)24(32)28(21)14-7-8-15-29)22(30)27-16-17-9-5-4-6-10-17/h4-6,9-10,18-21,29H,2-3,7-8,11-16H2,1H3,(H,26,31)(H,27,30)/t18-,19+,20+,21?,25?/m1/s1. The van der Waals surface area contributed by atoms with Gasteiger partial charge in [-0.15, -0.1) is 0 Å².